The van der Waals surface area contributed by atoms with Crippen molar-refractivity contribution in [2.45, 2.75) is 6.92 Å². The van der Waals surface area contributed by atoms with Crippen molar-refractivity contribution in [3.05, 3.63) is 66.0 Å². The van der Waals surface area contributed by atoms with Crippen LogP contribution >= 0.6 is 0 Å². The number of piperazine rings is 1. The maximum atomic E-state index is 13.4. The Morgan fingerprint density at radius 2 is 1.93 bits per heavy atom. The molecule has 0 bridgehead atoms. The van der Waals surface area contributed by atoms with E-state index in [1.165, 1.54) is 18.4 Å². The van der Waals surface area contributed by atoms with Crippen LogP contribution in [0.15, 0.2) is 53.1 Å². The van der Waals surface area contributed by atoms with Gasteiger partial charge in [-0.1, -0.05) is 6.07 Å². The number of amides is 1. The number of aryl methyl sites for hydroxylation is 1. The van der Waals surface area contributed by atoms with Gasteiger partial charge in [0.05, 0.1) is 6.26 Å². The normalized spacial score (nSPS) is 14.2. The van der Waals surface area contributed by atoms with E-state index in [1.54, 1.807) is 29.2 Å². The Bertz CT molecular complexity index is 968. The van der Waals surface area contributed by atoms with Gasteiger partial charge in [0.1, 0.15) is 11.6 Å². The van der Waals surface area contributed by atoms with E-state index in [1.807, 2.05) is 13.0 Å². The van der Waals surface area contributed by atoms with Crippen LogP contribution in [-0.2, 0) is 0 Å². The molecule has 7 nitrogen and oxygen atoms in total. The van der Waals surface area contributed by atoms with Gasteiger partial charge in [-0.25, -0.2) is 9.37 Å². The van der Waals surface area contributed by atoms with Crippen LogP contribution in [0.3, 0.4) is 0 Å². The summed E-state index contributed by atoms with van der Waals surface area (Å²) in [6.45, 7) is 4.35. The standard InChI is InChI=1S/C20H20FN5O2/c1-14-12-18(24-20(22-14)23-16-5-2-4-15(21)13-16)25-7-9-26(10-8-25)19(27)17-6-3-11-28-17/h2-6,11-13H,7-10H2,1H3,(H,22,23,24). The second kappa shape index (κ2) is 7.67. The molecule has 0 spiro atoms. The second-order valence-corrected chi connectivity index (χ2v) is 6.58. The number of furan rings is 1. The van der Waals surface area contributed by atoms with Gasteiger partial charge in [-0.3, -0.25) is 4.79 Å². The Balaban J connectivity index is 1.45. The lowest BCUT2D eigenvalue weighted by Crippen LogP contribution is -2.49. The lowest BCUT2D eigenvalue weighted by atomic mass is 10.2. The Hall–Kier alpha value is -3.42. The third kappa shape index (κ3) is 3.95. The first-order chi connectivity index (χ1) is 13.6. The van der Waals surface area contributed by atoms with Gasteiger partial charge in [-0.2, -0.15) is 4.98 Å². The molecule has 0 saturated carbocycles. The van der Waals surface area contributed by atoms with E-state index in [0.29, 0.717) is 43.6 Å². The van der Waals surface area contributed by atoms with Crippen molar-refractivity contribution in [2.75, 3.05) is 36.4 Å². The van der Waals surface area contributed by atoms with E-state index in [4.69, 9.17) is 4.42 Å². The number of aromatic nitrogens is 2. The first-order valence-corrected chi connectivity index (χ1v) is 9.04. The monoisotopic (exact) mass is 381 g/mol. The van der Waals surface area contributed by atoms with E-state index in [9.17, 15) is 9.18 Å². The molecule has 1 saturated heterocycles. The van der Waals surface area contributed by atoms with Gasteiger partial charge in [0.15, 0.2) is 5.76 Å². The smallest absolute Gasteiger partial charge is 0.289 e. The molecule has 3 heterocycles. The van der Waals surface area contributed by atoms with Crippen LogP contribution in [0.4, 0.5) is 21.8 Å². The van der Waals surface area contributed by atoms with Crippen LogP contribution in [0.1, 0.15) is 16.2 Å². The zero-order chi connectivity index (χ0) is 19.5. The van der Waals surface area contributed by atoms with Crippen LogP contribution in [-0.4, -0.2) is 47.0 Å². The second-order valence-electron chi connectivity index (χ2n) is 6.58. The number of nitrogens with one attached hydrogen (secondary N) is 1. The number of hydrogen-bond donors (Lipinski definition) is 1. The number of benzene rings is 1. The molecule has 144 valence electrons. The van der Waals surface area contributed by atoms with E-state index in [-0.39, 0.29) is 11.7 Å². The Labute approximate surface area is 161 Å². The number of halogens is 1. The molecule has 4 rings (SSSR count). The maximum absolute atomic E-state index is 13.4. The van der Waals surface area contributed by atoms with E-state index in [2.05, 4.69) is 20.2 Å². The number of anilines is 3. The topological polar surface area (TPSA) is 74.5 Å². The van der Waals surface area contributed by atoms with Crippen molar-refractivity contribution < 1.29 is 13.6 Å². The highest BCUT2D eigenvalue weighted by Crippen LogP contribution is 2.20. The highest BCUT2D eigenvalue weighted by Gasteiger charge is 2.24. The molecule has 0 radical (unpaired) electrons. The fraction of sp³-hybridized carbons (Fsp3) is 0.250. The van der Waals surface area contributed by atoms with Crippen LogP contribution < -0.4 is 10.2 Å². The molecule has 8 heteroatoms. The minimum atomic E-state index is -0.324. The molecular weight excluding hydrogens is 361 g/mol. The summed E-state index contributed by atoms with van der Waals surface area (Å²) in [5.41, 5.74) is 1.39. The van der Waals surface area contributed by atoms with Crippen molar-refractivity contribution in [1.29, 1.82) is 0 Å². The molecule has 0 atom stereocenters. The van der Waals surface area contributed by atoms with Gasteiger partial charge in [0.25, 0.3) is 5.91 Å². The minimum absolute atomic E-state index is 0.100. The Kier molecular flexibility index (Phi) is 4.92. The van der Waals surface area contributed by atoms with Gasteiger partial charge >= 0.3 is 0 Å². The van der Waals surface area contributed by atoms with E-state index < -0.39 is 0 Å². The quantitative estimate of drug-likeness (QED) is 0.748. The van der Waals surface area contributed by atoms with Crippen LogP contribution in [0.2, 0.25) is 0 Å². The molecule has 1 aliphatic heterocycles. The highest BCUT2D eigenvalue weighted by atomic mass is 19.1. The number of hydrogen-bond acceptors (Lipinski definition) is 6. The van der Waals surface area contributed by atoms with Crippen LogP contribution in [0.5, 0.6) is 0 Å². The van der Waals surface area contributed by atoms with Gasteiger partial charge in [-0.15, -0.1) is 0 Å². The summed E-state index contributed by atoms with van der Waals surface area (Å²) in [5.74, 6) is 1.12. The van der Waals surface area contributed by atoms with Crippen molar-refractivity contribution in [3.8, 4) is 0 Å². The zero-order valence-electron chi connectivity index (χ0n) is 15.4. The lowest BCUT2D eigenvalue weighted by molar-refractivity contribution is 0.0714. The molecule has 1 N–H and O–H groups in total. The van der Waals surface area contributed by atoms with Crippen molar-refractivity contribution >= 4 is 23.4 Å². The molecule has 0 aliphatic carbocycles. The molecule has 28 heavy (non-hydrogen) atoms. The minimum Gasteiger partial charge on any atom is -0.459 e. The number of nitrogens with zero attached hydrogens (tertiary/aromatic N) is 4. The third-order valence-electron chi connectivity index (χ3n) is 4.54. The average Bonchev–Trinajstić information content (AvgIpc) is 3.22. The molecule has 1 aromatic carbocycles. The first kappa shape index (κ1) is 18.0. The van der Waals surface area contributed by atoms with E-state index >= 15 is 0 Å². The van der Waals surface area contributed by atoms with Gasteiger partial charge in [0, 0.05) is 43.6 Å². The molecule has 1 amide bonds. The fourth-order valence-corrected chi connectivity index (χ4v) is 3.16. The molecule has 1 aliphatic rings. The lowest BCUT2D eigenvalue weighted by Gasteiger charge is -2.35. The molecule has 2 aromatic heterocycles. The summed E-state index contributed by atoms with van der Waals surface area (Å²) in [6, 6.07) is 11.5. The molecule has 0 unspecified atom stereocenters. The zero-order valence-corrected chi connectivity index (χ0v) is 15.4. The average molecular weight is 381 g/mol. The summed E-state index contributed by atoms with van der Waals surface area (Å²) in [4.78, 5) is 25.2. The summed E-state index contributed by atoms with van der Waals surface area (Å²) in [7, 11) is 0. The maximum Gasteiger partial charge on any atom is 0.289 e. The number of carbonyl (C=O) groups is 1. The van der Waals surface area contributed by atoms with Gasteiger partial charge in [-0.05, 0) is 37.3 Å². The van der Waals surface area contributed by atoms with Crippen LogP contribution in [0, 0.1) is 12.7 Å². The summed E-state index contributed by atoms with van der Waals surface area (Å²) in [6.07, 6.45) is 1.50. The van der Waals surface area contributed by atoms with Gasteiger partial charge < -0.3 is 19.5 Å². The third-order valence-corrected chi connectivity index (χ3v) is 4.54. The van der Waals surface area contributed by atoms with Crippen LogP contribution in [0.25, 0.3) is 0 Å². The fourth-order valence-electron chi connectivity index (χ4n) is 3.16. The van der Waals surface area contributed by atoms with Crippen molar-refractivity contribution in [3.63, 3.8) is 0 Å². The Morgan fingerprint density at radius 1 is 1.11 bits per heavy atom. The van der Waals surface area contributed by atoms with E-state index in [0.717, 1.165) is 11.5 Å². The number of carbonyl (C=O) groups excluding carboxylic acids is 1. The summed E-state index contributed by atoms with van der Waals surface area (Å²) >= 11 is 0. The Morgan fingerprint density at radius 3 is 2.64 bits per heavy atom. The molecule has 1 fully saturated rings. The molecule has 3 aromatic rings. The largest absolute Gasteiger partial charge is 0.459 e. The summed E-state index contributed by atoms with van der Waals surface area (Å²) in [5, 5.41) is 3.04. The summed E-state index contributed by atoms with van der Waals surface area (Å²) < 4.78 is 18.6. The number of rotatable bonds is 4. The van der Waals surface area contributed by atoms with Gasteiger partial charge in [0.2, 0.25) is 5.95 Å². The van der Waals surface area contributed by atoms with Crippen molar-refractivity contribution in [2.24, 2.45) is 0 Å². The highest BCUT2D eigenvalue weighted by molar-refractivity contribution is 5.91. The predicted octanol–water partition coefficient (Wildman–Crippen LogP) is 3.22. The molecular formula is C20H20FN5O2. The predicted molar refractivity (Wildman–Crippen MR) is 103 cm³/mol. The SMILES string of the molecule is Cc1cc(N2CCN(C(=O)c3ccco3)CC2)nc(Nc2cccc(F)c2)n1. The van der Waals surface area contributed by atoms with Crippen molar-refractivity contribution in [1.82, 2.24) is 14.9 Å². The first-order valence-electron chi connectivity index (χ1n) is 9.04.